The summed E-state index contributed by atoms with van der Waals surface area (Å²) in [7, 11) is 0. The number of aliphatic hydroxyl groups is 2. The zero-order valence-electron chi connectivity index (χ0n) is 30.9. The molecule has 0 aliphatic carbocycles. The standard InChI is InChI=1S/C40H76O5S2/c1-3-5-7-9-11-13-15-17-19-21-23-25-27-29-31-37(46)44-34-36-40(39(42)35(41)33-43-36)45-38(47)32-30-28-26-24-22-20-18-16-14-12-10-8-6-4-2/h35-36,39-42H,3-34H2,1-2H3/t35-,36+,39+,40+/m1/s1. The van der Waals surface area contributed by atoms with E-state index >= 15 is 0 Å². The van der Waals surface area contributed by atoms with E-state index in [0.717, 1.165) is 25.7 Å². The van der Waals surface area contributed by atoms with E-state index in [4.69, 9.17) is 38.6 Å². The van der Waals surface area contributed by atoms with Gasteiger partial charge in [0.15, 0.2) is 16.2 Å². The highest BCUT2D eigenvalue weighted by Crippen LogP contribution is 2.22. The second-order valence-electron chi connectivity index (χ2n) is 14.3. The van der Waals surface area contributed by atoms with Crippen LogP contribution in [-0.2, 0) is 14.2 Å². The summed E-state index contributed by atoms with van der Waals surface area (Å²) in [6, 6.07) is 0. The van der Waals surface area contributed by atoms with Gasteiger partial charge in [-0.3, -0.25) is 0 Å². The van der Waals surface area contributed by atoms with E-state index in [-0.39, 0.29) is 13.2 Å². The smallest absolute Gasteiger partial charge is 0.160 e. The maximum Gasteiger partial charge on any atom is 0.160 e. The molecule has 0 unspecified atom stereocenters. The van der Waals surface area contributed by atoms with E-state index in [1.165, 1.54) is 161 Å². The molecule has 0 radical (unpaired) electrons. The number of rotatable bonds is 33. The van der Waals surface area contributed by atoms with Gasteiger partial charge in [0.25, 0.3) is 0 Å². The minimum atomic E-state index is -1.06. The molecule has 1 rings (SSSR count). The van der Waals surface area contributed by atoms with Crippen molar-refractivity contribution in [1.82, 2.24) is 0 Å². The molecule has 0 bridgehead atoms. The van der Waals surface area contributed by atoms with Crippen molar-refractivity contribution in [3.05, 3.63) is 0 Å². The third-order valence-corrected chi connectivity index (χ3v) is 10.3. The van der Waals surface area contributed by atoms with Gasteiger partial charge in [-0.25, -0.2) is 0 Å². The number of hydrogen-bond acceptors (Lipinski definition) is 7. The van der Waals surface area contributed by atoms with Gasteiger partial charge in [-0.05, 0) is 37.3 Å². The van der Waals surface area contributed by atoms with Crippen molar-refractivity contribution in [3.8, 4) is 0 Å². The first-order valence-electron chi connectivity index (χ1n) is 20.3. The van der Waals surface area contributed by atoms with E-state index in [1.807, 2.05) is 0 Å². The van der Waals surface area contributed by atoms with Gasteiger partial charge in [-0.1, -0.05) is 181 Å². The summed E-state index contributed by atoms with van der Waals surface area (Å²) in [6.07, 6.45) is 35.1. The molecule has 4 atom stereocenters. The Morgan fingerprint density at radius 1 is 0.532 bits per heavy atom. The fourth-order valence-corrected chi connectivity index (χ4v) is 7.00. The number of hydrogen-bond donors (Lipinski definition) is 2. The van der Waals surface area contributed by atoms with Crippen LogP contribution in [0.4, 0.5) is 0 Å². The zero-order chi connectivity index (χ0) is 34.2. The Morgan fingerprint density at radius 2 is 0.872 bits per heavy atom. The molecule has 0 saturated carbocycles. The molecule has 47 heavy (non-hydrogen) atoms. The predicted molar refractivity (Wildman–Crippen MR) is 208 cm³/mol. The van der Waals surface area contributed by atoms with Crippen LogP contribution in [0.1, 0.15) is 206 Å². The zero-order valence-corrected chi connectivity index (χ0v) is 32.5. The van der Waals surface area contributed by atoms with Gasteiger partial charge in [-0.2, -0.15) is 0 Å². The maximum atomic E-state index is 10.7. The molecule has 1 saturated heterocycles. The van der Waals surface area contributed by atoms with Gasteiger partial charge in [0.2, 0.25) is 0 Å². The average molecular weight is 701 g/mol. The van der Waals surface area contributed by atoms with Crippen LogP contribution in [0.15, 0.2) is 0 Å². The fourth-order valence-electron chi connectivity index (χ4n) is 6.53. The minimum absolute atomic E-state index is 0.0481. The summed E-state index contributed by atoms with van der Waals surface area (Å²) in [5.41, 5.74) is 0. The summed E-state index contributed by atoms with van der Waals surface area (Å²) in [5, 5.41) is 21.9. The Hall–Kier alpha value is -0.340. The van der Waals surface area contributed by atoms with Crippen molar-refractivity contribution >= 4 is 34.5 Å². The van der Waals surface area contributed by atoms with Crippen molar-refractivity contribution in [2.24, 2.45) is 0 Å². The van der Waals surface area contributed by atoms with Crippen LogP contribution in [0.5, 0.6) is 0 Å². The quantitative estimate of drug-likeness (QED) is 0.0522. The van der Waals surface area contributed by atoms with E-state index in [2.05, 4.69) is 13.8 Å². The summed E-state index contributed by atoms with van der Waals surface area (Å²) in [6.45, 7) is 4.80. The molecule has 2 N–H and O–H groups in total. The molecule has 0 aromatic carbocycles. The van der Waals surface area contributed by atoms with E-state index in [0.29, 0.717) is 16.5 Å². The minimum Gasteiger partial charge on any atom is -0.484 e. The first-order chi connectivity index (χ1) is 23.0. The molecule has 1 heterocycles. The van der Waals surface area contributed by atoms with Crippen LogP contribution in [0, 0.1) is 0 Å². The Bertz CT molecular complexity index is 721. The van der Waals surface area contributed by atoms with Crippen molar-refractivity contribution in [2.45, 2.75) is 231 Å². The highest BCUT2D eigenvalue weighted by Gasteiger charge is 2.41. The van der Waals surface area contributed by atoms with Crippen LogP contribution < -0.4 is 0 Å². The largest absolute Gasteiger partial charge is 0.484 e. The number of unbranched alkanes of at least 4 members (excludes halogenated alkanes) is 26. The lowest BCUT2D eigenvalue weighted by Gasteiger charge is -2.38. The maximum absolute atomic E-state index is 10.7. The van der Waals surface area contributed by atoms with E-state index < -0.39 is 24.4 Å². The lowest BCUT2D eigenvalue weighted by atomic mass is 10.00. The van der Waals surface area contributed by atoms with Gasteiger partial charge >= 0.3 is 0 Å². The van der Waals surface area contributed by atoms with Crippen LogP contribution in [0.2, 0.25) is 0 Å². The molecule has 1 aliphatic rings. The first-order valence-corrected chi connectivity index (χ1v) is 21.1. The molecule has 0 aromatic rings. The van der Waals surface area contributed by atoms with E-state index in [9.17, 15) is 10.2 Å². The van der Waals surface area contributed by atoms with Gasteiger partial charge in [0.05, 0.1) is 6.61 Å². The second kappa shape index (κ2) is 32.8. The lowest BCUT2D eigenvalue weighted by Crippen LogP contribution is -2.56. The highest BCUT2D eigenvalue weighted by molar-refractivity contribution is 7.80. The van der Waals surface area contributed by atoms with Crippen LogP contribution in [0.3, 0.4) is 0 Å². The van der Waals surface area contributed by atoms with Crippen molar-refractivity contribution < 1.29 is 24.4 Å². The van der Waals surface area contributed by atoms with Crippen LogP contribution >= 0.6 is 24.4 Å². The third kappa shape index (κ3) is 26.2. The van der Waals surface area contributed by atoms with E-state index in [1.54, 1.807) is 0 Å². The second-order valence-corrected chi connectivity index (χ2v) is 15.2. The predicted octanol–water partition coefficient (Wildman–Crippen LogP) is 11.9. The monoisotopic (exact) mass is 701 g/mol. The first kappa shape index (κ1) is 44.7. The van der Waals surface area contributed by atoms with Gasteiger partial charge in [0, 0.05) is 12.8 Å². The Kier molecular flexibility index (Phi) is 31.2. The van der Waals surface area contributed by atoms with Crippen molar-refractivity contribution in [1.29, 1.82) is 0 Å². The summed E-state index contributed by atoms with van der Waals surface area (Å²) in [5.74, 6) is 0. The highest BCUT2D eigenvalue weighted by atomic mass is 32.1. The van der Waals surface area contributed by atoms with Gasteiger partial charge < -0.3 is 24.4 Å². The molecule has 1 aliphatic heterocycles. The molecule has 0 spiro atoms. The van der Waals surface area contributed by atoms with Gasteiger partial charge in [-0.15, -0.1) is 0 Å². The molecular weight excluding hydrogens is 625 g/mol. The topological polar surface area (TPSA) is 68.2 Å². The van der Waals surface area contributed by atoms with Crippen LogP contribution in [-0.4, -0.2) is 57.9 Å². The molecule has 0 aromatic heterocycles. The normalized spacial score (nSPS) is 19.6. The SMILES string of the molecule is CCCCCCCCCCCCCCCCC(=S)OC[C@@H]1OC[C@@H](O)[C@H](O)[C@H]1OC(=S)CCCCCCCCCCCCCCCC. The Labute approximate surface area is 302 Å². The third-order valence-electron chi connectivity index (χ3n) is 9.72. The Balaban J connectivity index is 2.08. The molecular formula is C40H76O5S2. The van der Waals surface area contributed by atoms with Crippen molar-refractivity contribution in [3.63, 3.8) is 0 Å². The molecule has 5 nitrogen and oxygen atoms in total. The fraction of sp³-hybridized carbons (Fsp3) is 0.950. The molecule has 0 amide bonds. The van der Waals surface area contributed by atoms with Gasteiger partial charge in [0.1, 0.15) is 24.9 Å². The molecule has 1 fully saturated rings. The summed E-state index contributed by atoms with van der Waals surface area (Å²) >= 11 is 11.0. The summed E-state index contributed by atoms with van der Waals surface area (Å²) in [4.78, 5) is 0. The lowest BCUT2D eigenvalue weighted by molar-refractivity contribution is -0.189. The Morgan fingerprint density at radius 3 is 1.26 bits per heavy atom. The number of ether oxygens (including phenoxy) is 3. The summed E-state index contributed by atoms with van der Waals surface area (Å²) < 4.78 is 17.7. The number of aliphatic hydroxyl groups excluding tert-OH is 2. The average Bonchev–Trinajstić information content (AvgIpc) is 3.06. The molecule has 7 heteroatoms. The molecule has 278 valence electrons. The van der Waals surface area contributed by atoms with Crippen molar-refractivity contribution in [2.75, 3.05) is 13.2 Å². The van der Waals surface area contributed by atoms with Crippen LogP contribution in [0.25, 0.3) is 0 Å². The number of thiocarbonyl (C=S) groups is 2.